The summed E-state index contributed by atoms with van der Waals surface area (Å²) in [5.41, 5.74) is 1.14. The minimum absolute atomic E-state index is 0.0399. The van der Waals surface area contributed by atoms with Crippen molar-refractivity contribution in [2.24, 2.45) is 0 Å². The van der Waals surface area contributed by atoms with Crippen molar-refractivity contribution in [3.05, 3.63) is 100 Å². The Labute approximate surface area is 187 Å². The predicted octanol–water partition coefficient (Wildman–Crippen LogP) is 4.99. The zero-order chi connectivity index (χ0) is 22.0. The van der Waals surface area contributed by atoms with Crippen LogP contribution < -0.4 is 15.0 Å². The van der Waals surface area contributed by atoms with Crippen molar-refractivity contribution < 1.29 is 19.1 Å². The van der Waals surface area contributed by atoms with Gasteiger partial charge in [-0.25, -0.2) is 9.69 Å². The number of hydrogen-bond donors (Lipinski definition) is 1. The number of hydrogen-bond acceptors (Lipinski definition) is 5. The number of ether oxygens (including phenoxy) is 1. The maximum atomic E-state index is 12.8. The van der Waals surface area contributed by atoms with Crippen molar-refractivity contribution in [3.63, 3.8) is 0 Å². The third kappa shape index (κ3) is 4.17. The number of carbonyl (C=O) groups excluding carboxylic acids is 3. The average molecular weight is 453 g/mol. The van der Waals surface area contributed by atoms with Crippen LogP contribution in [0, 0.1) is 0 Å². The second-order valence-electron chi connectivity index (χ2n) is 6.49. The van der Waals surface area contributed by atoms with Crippen molar-refractivity contribution >= 4 is 52.4 Å². The number of esters is 1. The first-order valence-corrected chi connectivity index (χ1v) is 9.88. The van der Waals surface area contributed by atoms with E-state index in [9.17, 15) is 14.4 Å². The SMILES string of the molecule is O=C(Oc1ccccc1Cl)c1ccc(NC2=C(Cl)C(=O)N(c3ccccc3)C2=O)cc1. The number of rotatable bonds is 5. The number of amides is 2. The van der Waals surface area contributed by atoms with E-state index in [1.165, 1.54) is 12.1 Å². The molecular weight excluding hydrogens is 439 g/mol. The molecule has 0 atom stereocenters. The number of anilines is 2. The minimum atomic E-state index is -0.611. The Balaban J connectivity index is 1.49. The lowest BCUT2D eigenvalue weighted by Gasteiger charge is -2.14. The third-order valence-corrected chi connectivity index (χ3v) is 5.13. The van der Waals surface area contributed by atoms with Crippen LogP contribution in [0.5, 0.6) is 5.75 Å². The van der Waals surface area contributed by atoms with Gasteiger partial charge in [0.25, 0.3) is 11.8 Å². The van der Waals surface area contributed by atoms with Crippen LogP contribution >= 0.6 is 23.2 Å². The first-order chi connectivity index (χ1) is 15.0. The van der Waals surface area contributed by atoms with Crippen LogP contribution in [-0.2, 0) is 9.59 Å². The number of carbonyl (C=O) groups is 3. The predicted molar refractivity (Wildman–Crippen MR) is 118 cm³/mol. The largest absolute Gasteiger partial charge is 0.421 e. The Kier molecular flexibility index (Phi) is 5.75. The summed E-state index contributed by atoms with van der Waals surface area (Å²) in [6, 6.07) is 21.3. The van der Waals surface area contributed by atoms with Crippen molar-refractivity contribution in [3.8, 4) is 5.75 Å². The lowest BCUT2D eigenvalue weighted by Crippen LogP contribution is -2.32. The normalized spacial score (nSPS) is 13.5. The maximum absolute atomic E-state index is 12.8. The van der Waals surface area contributed by atoms with E-state index in [0.29, 0.717) is 16.4 Å². The Morgan fingerprint density at radius 1 is 0.806 bits per heavy atom. The standard InChI is InChI=1S/C23H14Cl2N2O4/c24-17-8-4-5-9-18(17)31-23(30)14-10-12-15(13-11-14)26-20-19(25)21(28)27(22(20)29)16-6-2-1-3-7-16/h1-13,26H. The molecule has 0 aliphatic carbocycles. The fourth-order valence-electron chi connectivity index (χ4n) is 2.94. The quantitative estimate of drug-likeness (QED) is 0.335. The molecule has 0 saturated heterocycles. The van der Waals surface area contributed by atoms with Gasteiger partial charge in [-0.15, -0.1) is 0 Å². The van der Waals surface area contributed by atoms with Gasteiger partial charge in [0, 0.05) is 5.69 Å². The number of halogens is 2. The molecule has 1 N–H and O–H groups in total. The van der Waals surface area contributed by atoms with Gasteiger partial charge in [0.05, 0.1) is 16.3 Å². The second kappa shape index (κ2) is 8.63. The smallest absolute Gasteiger partial charge is 0.343 e. The first-order valence-electron chi connectivity index (χ1n) is 9.13. The molecule has 6 nitrogen and oxygen atoms in total. The van der Waals surface area contributed by atoms with E-state index in [-0.39, 0.29) is 22.0 Å². The zero-order valence-corrected chi connectivity index (χ0v) is 17.4. The summed E-state index contributed by atoms with van der Waals surface area (Å²) in [6.07, 6.45) is 0. The molecule has 31 heavy (non-hydrogen) atoms. The fraction of sp³-hybridized carbons (Fsp3) is 0. The Bertz CT molecular complexity index is 1210. The van der Waals surface area contributed by atoms with Gasteiger partial charge in [0.15, 0.2) is 0 Å². The summed E-state index contributed by atoms with van der Waals surface area (Å²) in [5.74, 6) is -1.51. The highest BCUT2D eigenvalue weighted by atomic mass is 35.5. The van der Waals surface area contributed by atoms with E-state index >= 15 is 0 Å². The van der Waals surface area contributed by atoms with E-state index in [2.05, 4.69) is 5.32 Å². The molecule has 1 aliphatic rings. The van der Waals surface area contributed by atoms with Gasteiger partial charge in [0.2, 0.25) is 0 Å². The lowest BCUT2D eigenvalue weighted by atomic mass is 10.2. The van der Waals surface area contributed by atoms with Crippen molar-refractivity contribution in [1.82, 2.24) is 0 Å². The topological polar surface area (TPSA) is 75.7 Å². The molecule has 0 spiro atoms. The Morgan fingerprint density at radius 3 is 2.13 bits per heavy atom. The summed E-state index contributed by atoms with van der Waals surface area (Å²) in [7, 11) is 0. The molecule has 1 heterocycles. The fourth-order valence-corrected chi connectivity index (χ4v) is 3.33. The summed E-state index contributed by atoms with van der Waals surface area (Å²) < 4.78 is 5.29. The molecule has 3 aromatic carbocycles. The van der Waals surface area contributed by atoms with Crippen molar-refractivity contribution in [2.45, 2.75) is 0 Å². The van der Waals surface area contributed by atoms with Crippen LogP contribution in [0.1, 0.15) is 10.4 Å². The van der Waals surface area contributed by atoms with Crippen molar-refractivity contribution in [1.29, 1.82) is 0 Å². The van der Waals surface area contributed by atoms with Gasteiger partial charge < -0.3 is 10.1 Å². The molecule has 154 valence electrons. The second-order valence-corrected chi connectivity index (χ2v) is 7.28. The van der Waals surface area contributed by atoms with Gasteiger partial charge in [-0.3, -0.25) is 9.59 Å². The molecule has 4 rings (SSSR count). The molecule has 0 aromatic heterocycles. The van der Waals surface area contributed by atoms with Gasteiger partial charge in [-0.2, -0.15) is 0 Å². The van der Waals surface area contributed by atoms with Crippen LogP contribution in [0.3, 0.4) is 0 Å². The Morgan fingerprint density at radius 2 is 1.45 bits per heavy atom. The highest BCUT2D eigenvalue weighted by Gasteiger charge is 2.38. The van der Waals surface area contributed by atoms with E-state index in [1.807, 2.05) is 0 Å². The summed E-state index contributed by atoms with van der Waals surface area (Å²) in [4.78, 5) is 38.6. The van der Waals surface area contributed by atoms with Gasteiger partial charge >= 0.3 is 5.97 Å². The molecular formula is C23H14Cl2N2O4. The molecule has 0 unspecified atom stereocenters. The van der Waals surface area contributed by atoms with E-state index in [0.717, 1.165) is 4.90 Å². The van der Waals surface area contributed by atoms with Crippen LogP contribution in [0.2, 0.25) is 5.02 Å². The maximum Gasteiger partial charge on any atom is 0.343 e. The third-order valence-electron chi connectivity index (χ3n) is 4.47. The van der Waals surface area contributed by atoms with E-state index in [4.69, 9.17) is 27.9 Å². The van der Waals surface area contributed by atoms with Gasteiger partial charge in [0.1, 0.15) is 16.5 Å². The molecule has 2 amide bonds. The summed E-state index contributed by atoms with van der Waals surface area (Å²) in [5, 5.41) is 2.97. The lowest BCUT2D eigenvalue weighted by molar-refractivity contribution is -0.120. The molecule has 8 heteroatoms. The van der Waals surface area contributed by atoms with Crippen LogP contribution in [0.4, 0.5) is 11.4 Å². The average Bonchev–Trinajstić information content (AvgIpc) is 2.99. The summed E-state index contributed by atoms with van der Waals surface area (Å²) >= 11 is 12.1. The molecule has 0 saturated carbocycles. The minimum Gasteiger partial charge on any atom is -0.421 e. The first kappa shape index (κ1) is 20.7. The molecule has 1 aliphatic heterocycles. The van der Waals surface area contributed by atoms with E-state index in [1.54, 1.807) is 66.7 Å². The highest BCUT2D eigenvalue weighted by Crippen LogP contribution is 2.30. The van der Waals surface area contributed by atoms with Gasteiger partial charge in [-0.05, 0) is 48.5 Å². The number of para-hydroxylation sites is 2. The van der Waals surface area contributed by atoms with Gasteiger partial charge in [-0.1, -0.05) is 53.5 Å². The van der Waals surface area contributed by atoms with Crippen LogP contribution in [0.15, 0.2) is 89.6 Å². The van der Waals surface area contributed by atoms with Crippen LogP contribution in [-0.4, -0.2) is 17.8 Å². The number of benzene rings is 3. The number of imide groups is 1. The number of nitrogens with zero attached hydrogens (tertiary/aromatic N) is 1. The molecule has 0 bridgehead atoms. The monoisotopic (exact) mass is 452 g/mol. The molecule has 0 radical (unpaired) electrons. The van der Waals surface area contributed by atoms with Crippen molar-refractivity contribution in [2.75, 3.05) is 10.2 Å². The zero-order valence-electron chi connectivity index (χ0n) is 15.8. The van der Waals surface area contributed by atoms with Crippen LogP contribution in [0.25, 0.3) is 0 Å². The summed E-state index contributed by atoms with van der Waals surface area (Å²) in [6.45, 7) is 0. The molecule has 3 aromatic rings. The number of nitrogens with one attached hydrogen (secondary N) is 1. The highest BCUT2D eigenvalue weighted by molar-refractivity contribution is 6.53. The van der Waals surface area contributed by atoms with E-state index < -0.39 is 17.8 Å². The Hall–Kier alpha value is -3.61. The molecule has 0 fully saturated rings.